The van der Waals surface area contributed by atoms with Gasteiger partial charge in [0.2, 0.25) is 6.54 Å². The van der Waals surface area contributed by atoms with Gasteiger partial charge in [0.05, 0.1) is 6.54 Å². The molecule has 0 fully saturated rings. The monoisotopic (exact) mass is 264 g/mol. The summed E-state index contributed by atoms with van der Waals surface area (Å²) in [5, 5.41) is 31.3. The van der Waals surface area contributed by atoms with Crippen molar-refractivity contribution in [3.05, 3.63) is 30.3 Å². The Morgan fingerprint density at radius 3 is 1.83 bits per heavy atom. The molecule has 0 aromatic carbocycles. The minimum atomic E-state index is -1.41. The van der Waals surface area contributed by atoms with Gasteiger partial charge in [-0.25, -0.2) is 0 Å². The second-order valence-corrected chi connectivity index (χ2v) is 3.85. The molecule has 10 heteroatoms. The Balaban J connectivity index is 4.16. The van der Waals surface area contributed by atoms with Crippen molar-refractivity contribution >= 4 is 0 Å². The van der Waals surface area contributed by atoms with Gasteiger partial charge in [-0.15, -0.1) is 0 Å². The fourth-order valence-corrected chi connectivity index (χ4v) is 1.59. The van der Waals surface area contributed by atoms with E-state index < -0.39 is 33.4 Å². The number of rotatable bonds is 10. The lowest BCUT2D eigenvalue weighted by Gasteiger charge is -2.12. The number of nitrogens with two attached hydrogens (primary N) is 1. The third-order valence-electron chi connectivity index (χ3n) is 2.57. The largest absolute Gasteiger partial charge is 0.324 e. The van der Waals surface area contributed by atoms with Crippen molar-refractivity contribution in [3.8, 4) is 0 Å². The van der Waals surface area contributed by atoms with Crippen LogP contribution in [0.5, 0.6) is 0 Å². The first kappa shape index (κ1) is 16.2. The lowest BCUT2D eigenvalue weighted by Crippen LogP contribution is -2.44. The molecular formula is C8H16N4O6. The van der Waals surface area contributed by atoms with E-state index in [9.17, 15) is 30.3 Å². The Bertz CT molecular complexity index is 310. The minimum Gasteiger partial charge on any atom is -0.324 e. The summed E-state index contributed by atoms with van der Waals surface area (Å²) in [5.41, 5.74) is 5.15. The Morgan fingerprint density at radius 1 is 0.889 bits per heavy atom. The zero-order chi connectivity index (χ0) is 14.1. The molecule has 0 aliphatic heterocycles. The molecule has 0 aromatic rings. The highest BCUT2D eigenvalue weighted by Gasteiger charge is 2.38. The summed E-state index contributed by atoms with van der Waals surface area (Å²) >= 11 is 0. The summed E-state index contributed by atoms with van der Waals surface area (Å²) < 4.78 is 0. The van der Waals surface area contributed by atoms with Crippen molar-refractivity contribution < 1.29 is 14.8 Å². The zero-order valence-electron chi connectivity index (χ0n) is 9.77. The third kappa shape index (κ3) is 6.03. The Morgan fingerprint density at radius 2 is 1.44 bits per heavy atom. The van der Waals surface area contributed by atoms with Crippen molar-refractivity contribution in [2.45, 2.75) is 37.8 Å². The molecule has 0 aliphatic carbocycles. The number of hydrogen-bond donors (Lipinski definition) is 1. The average Bonchev–Trinajstić information content (AvgIpc) is 2.25. The summed E-state index contributed by atoms with van der Waals surface area (Å²) in [5.74, 6) is 0. The topological polar surface area (TPSA) is 155 Å². The molecule has 0 aromatic heterocycles. The summed E-state index contributed by atoms with van der Waals surface area (Å²) in [7, 11) is 0. The molecule has 0 saturated heterocycles. The van der Waals surface area contributed by atoms with Crippen molar-refractivity contribution in [1.82, 2.24) is 0 Å². The van der Waals surface area contributed by atoms with Gasteiger partial charge in [-0.05, 0) is 12.8 Å². The van der Waals surface area contributed by atoms with Gasteiger partial charge < -0.3 is 5.73 Å². The first-order valence-corrected chi connectivity index (χ1v) is 5.49. The van der Waals surface area contributed by atoms with Gasteiger partial charge in [0, 0.05) is 27.6 Å². The quantitative estimate of drug-likeness (QED) is 0.332. The number of nitrogens with zero attached hydrogens (tertiary/aromatic N) is 3. The van der Waals surface area contributed by atoms with Crippen LogP contribution in [0.1, 0.15) is 25.7 Å². The molecule has 0 rings (SSSR count). The Kier molecular flexibility index (Phi) is 7.43. The highest BCUT2D eigenvalue weighted by atomic mass is 16.6. The fraction of sp³-hybridized carbons (Fsp3) is 1.00. The highest BCUT2D eigenvalue weighted by Crippen LogP contribution is 2.11. The van der Waals surface area contributed by atoms with Crippen LogP contribution in [-0.4, -0.2) is 39.9 Å². The van der Waals surface area contributed by atoms with Crippen LogP contribution in [0.25, 0.3) is 0 Å². The van der Waals surface area contributed by atoms with Gasteiger partial charge >= 0.3 is 0 Å². The highest BCUT2D eigenvalue weighted by molar-refractivity contribution is 4.70. The molecule has 0 aliphatic rings. The van der Waals surface area contributed by atoms with Gasteiger partial charge in [0.1, 0.15) is 0 Å². The van der Waals surface area contributed by atoms with E-state index in [1.54, 1.807) is 0 Å². The number of hydrogen-bond acceptors (Lipinski definition) is 7. The van der Waals surface area contributed by atoms with Crippen LogP contribution in [0.2, 0.25) is 0 Å². The lowest BCUT2D eigenvalue weighted by atomic mass is 10.0. The van der Waals surface area contributed by atoms with Gasteiger partial charge in [-0.2, -0.15) is 0 Å². The predicted octanol–water partition coefficient (Wildman–Crippen LogP) is 0.0728. The molecule has 104 valence electrons. The van der Waals surface area contributed by atoms with Crippen LogP contribution in [-0.2, 0) is 0 Å². The molecule has 0 bridgehead atoms. The SMILES string of the molecule is NCC(C(CCCCC[N+](=O)[O-])[N+](=O)[O-])[N+](=O)[O-]. The summed E-state index contributed by atoms with van der Waals surface area (Å²) in [6, 6.07) is -2.74. The lowest BCUT2D eigenvalue weighted by molar-refractivity contribution is -0.615. The third-order valence-corrected chi connectivity index (χ3v) is 2.57. The van der Waals surface area contributed by atoms with Crippen molar-refractivity contribution in [2.24, 2.45) is 5.73 Å². The van der Waals surface area contributed by atoms with Gasteiger partial charge in [0.25, 0.3) is 12.1 Å². The zero-order valence-corrected chi connectivity index (χ0v) is 9.77. The maximum Gasteiger partial charge on any atom is 0.290 e. The standard InChI is InChI=1S/C8H16N4O6/c9-6-8(12(17)18)7(11(15)16)4-2-1-3-5-10(13)14/h7-8H,1-6,9H2. The van der Waals surface area contributed by atoms with E-state index in [0.717, 1.165) is 0 Å². The van der Waals surface area contributed by atoms with E-state index in [0.29, 0.717) is 19.3 Å². The van der Waals surface area contributed by atoms with E-state index in [4.69, 9.17) is 5.73 Å². The van der Waals surface area contributed by atoms with Crippen LogP contribution in [0.15, 0.2) is 0 Å². The molecule has 0 radical (unpaired) electrons. The summed E-state index contributed by atoms with van der Waals surface area (Å²) in [4.78, 5) is 29.4. The fourth-order valence-electron chi connectivity index (χ4n) is 1.59. The van der Waals surface area contributed by atoms with Gasteiger partial charge in [-0.1, -0.05) is 0 Å². The maximum atomic E-state index is 10.7. The van der Waals surface area contributed by atoms with Crippen LogP contribution >= 0.6 is 0 Å². The first-order valence-electron chi connectivity index (χ1n) is 5.49. The molecular weight excluding hydrogens is 248 g/mol. The normalized spacial score (nSPS) is 13.8. The van der Waals surface area contributed by atoms with Crippen LogP contribution in [0.3, 0.4) is 0 Å². The van der Waals surface area contributed by atoms with E-state index in [1.165, 1.54) is 0 Å². The average molecular weight is 264 g/mol. The summed E-state index contributed by atoms with van der Waals surface area (Å²) in [6.45, 7) is -0.591. The Labute approximate surface area is 103 Å². The number of unbranched alkanes of at least 4 members (excludes halogenated alkanes) is 2. The molecule has 18 heavy (non-hydrogen) atoms. The van der Waals surface area contributed by atoms with E-state index >= 15 is 0 Å². The maximum absolute atomic E-state index is 10.7. The molecule has 2 unspecified atom stereocenters. The van der Waals surface area contributed by atoms with Crippen LogP contribution < -0.4 is 5.73 Å². The molecule has 2 atom stereocenters. The Hall–Kier alpha value is -1.84. The van der Waals surface area contributed by atoms with Crippen molar-refractivity contribution in [1.29, 1.82) is 0 Å². The first-order chi connectivity index (χ1) is 8.40. The predicted molar refractivity (Wildman–Crippen MR) is 60.9 cm³/mol. The molecule has 0 saturated carbocycles. The van der Waals surface area contributed by atoms with E-state index in [1.807, 2.05) is 0 Å². The molecule has 2 N–H and O–H groups in total. The second kappa shape index (κ2) is 8.28. The van der Waals surface area contributed by atoms with E-state index in [-0.39, 0.29) is 13.0 Å². The van der Waals surface area contributed by atoms with E-state index in [2.05, 4.69) is 0 Å². The molecule has 0 spiro atoms. The number of nitro groups is 3. The van der Waals surface area contributed by atoms with Crippen LogP contribution in [0.4, 0.5) is 0 Å². The van der Waals surface area contributed by atoms with Crippen molar-refractivity contribution in [2.75, 3.05) is 13.1 Å². The molecule has 10 nitrogen and oxygen atoms in total. The van der Waals surface area contributed by atoms with Gasteiger partial charge in [-0.3, -0.25) is 30.3 Å². The summed E-state index contributed by atoms with van der Waals surface area (Å²) in [6.07, 6.45) is 1.08. The van der Waals surface area contributed by atoms with Gasteiger partial charge in [0.15, 0.2) is 0 Å². The van der Waals surface area contributed by atoms with Crippen molar-refractivity contribution in [3.63, 3.8) is 0 Å². The van der Waals surface area contributed by atoms with Crippen LogP contribution in [0, 0.1) is 30.3 Å². The smallest absolute Gasteiger partial charge is 0.290 e. The minimum absolute atomic E-state index is 0.00750. The second-order valence-electron chi connectivity index (χ2n) is 3.85. The molecule has 0 amide bonds. The molecule has 0 heterocycles.